The van der Waals surface area contributed by atoms with Gasteiger partial charge in [-0.15, -0.1) is 10.2 Å². The number of aromatic nitrogens is 5. The van der Waals surface area contributed by atoms with Crippen LogP contribution in [0.5, 0.6) is 0 Å². The van der Waals surface area contributed by atoms with Gasteiger partial charge in [-0.1, -0.05) is 18.2 Å². The van der Waals surface area contributed by atoms with Gasteiger partial charge in [0.1, 0.15) is 11.8 Å². The van der Waals surface area contributed by atoms with Gasteiger partial charge < -0.3 is 4.42 Å². The molecule has 0 aliphatic carbocycles. The summed E-state index contributed by atoms with van der Waals surface area (Å²) < 4.78 is 7.42. The number of nitrogens with zero attached hydrogens (tertiary/aromatic N) is 6. The molecule has 122 valence electrons. The zero-order chi connectivity index (χ0) is 17.2. The Morgan fingerprint density at radius 2 is 1.88 bits per heavy atom. The Morgan fingerprint density at radius 3 is 2.68 bits per heavy atom. The summed E-state index contributed by atoms with van der Waals surface area (Å²) in [4.78, 5) is 8.90. The normalized spacial score (nSPS) is 10.6. The molecule has 0 unspecified atom stereocenters. The topological polar surface area (TPSA) is 93.4 Å². The Labute approximate surface area is 144 Å². The summed E-state index contributed by atoms with van der Waals surface area (Å²) >= 11 is 0. The average molecular weight is 330 g/mol. The molecule has 0 aliphatic heterocycles. The second-order valence-corrected chi connectivity index (χ2v) is 5.32. The molecule has 0 saturated heterocycles. The molecule has 0 spiro atoms. The first-order valence-electron chi connectivity index (χ1n) is 7.57. The van der Waals surface area contributed by atoms with Gasteiger partial charge in [-0.2, -0.15) is 5.26 Å². The third-order valence-electron chi connectivity index (χ3n) is 3.70. The fourth-order valence-electron chi connectivity index (χ4n) is 2.45. The first kappa shape index (κ1) is 14.8. The van der Waals surface area contributed by atoms with E-state index in [0.29, 0.717) is 28.8 Å². The van der Waals surface area contributed by atoms with E-state index in [4.69, 9.17) is 4.42 Å². The van der Waals surface area contributed by atoms with Crippen molar-refractivity contribution in [3.05, 3.63) is 66.2 Å². The van der Waals surface area contributed by atoms with Crippen LogP contribution in [0.4, 0.5) is 0 Å². The van der Waals surface area contributed by atoms with Gasteiger partial charge in [0, 0.05) is 13.2 Å². The van der Waals surface area contributed by atoms with Crippen LogP contribution in [0.1, 0.15) is 12.8 Å². The number of hydrogen-bond donors (Lipinski definition) is 0. The molecule has 0 aliphatic rings. The highest BCUT2D eigenvalue weighted by molar-refractivity contribution is 5.57. The summed E-state index contributed by atoms with van der Waals surface area (Å²) in [7, 11) is 0. The predicted octanol–water partition coefficient (Wildman–Crippen LogP) is 3.41. The lowest BCUT2D eigenvalue weighted by Gasteiger charge is -2.06. The van der Waals surface area contributed by atoms with Gasteiger partial charge in [-0.05, 0) is 31.2 Å². The molecule has 0 atom stereocenters. The van der Waals surface area contributed by atoms with Crippen LogP contribution in [0.2, 0.25) is 0 Å². The molecule has 3 aromatic heterocycles. The highest BCUT2D eigenvalue weighted by Crippen LogP contribution is 2.24. The van der Waals surface area contributed by atoms with Crippen LogP contribution in [0.25, 0.3) is 28.9 Å². The SMILES string of the molecule is Cc1ncc(-n2cccc2C#N)nc1-c1nnc(-c2ccccc2)o1.[HH]. The Kier molecular flexibility index (Phi) is 3.56. The summed E-state index contributed by atoms with van der Waals surface area (Å²) in [6.45, 7) is 1.82. The molecule has 4 rings (SSSR count). The van der Waals surface area contributed by atoms with Crippen molar-refractivity contribution in [2.75, 3.05) is 0 Å². The smallest absolute Gasteiger partial charge is 0.268 e. The van der Waals surface area contributed by atoms with E-state index in [1.54, 1.807) is 29.1 Å². The summed E-state index contributed by atoms with van der Waals surface area (Å²) in [6, 6.07) is 15.1. The summed E-state index contributed by atoms with van der Waals surface area (Å²) in [6.07, 6.45) is 3.36. The number of aryl methyl sites for hydroxylation is 1. The van der Waals surface area contributed by atoms with Gasteiger partial charge in [0.2, 0.25) is 5.89 Å². The van der Waals surface area contributed by atoms with E-state index in [-0.39, 0.29) is 7.32 Å². The molecule has 0 saturated carbocycles. The van der Waals surface area contributed by atoms with E-state index in [9.17, 15) is 5.26 Å². The molecule has 0 bridgehead atoms. The van der Waals surface area contributed by atoms with Crippen LogP contribution in [-0.4, -0.2) is 24.7 Å². The standard InChI is InChI=1S/C18H12N6O.H2/c1-12-16(18-23-22-17(25-18)13-6-3-2-4-7-13)21-15(11-20-12)24-9-5-8-14(24)10-19;/h2-9,11H,1H3;1H. The van der Waals surface area contributed by atoms with Gasteiger partial charge in [0.05, 0.1) is 11.9 Å². The molecule has 0 N–H and O–H groups in total. The Hall–Kier alpha value is -3.79. The number of benzene rings is 1. The minimum atomic E-state index is 0. The maximum Gasteiger partial charge on any atom is 0.268 e. The van der Waals surface area contributed by atoms with Crippen molar-refractivity contribution in [1.29, 1.82) is 5.26 Å². The number of hydrogen-bond acceptors (Lipinski definition) is 6. The van der Waals surface area contributed by atoms with Crippen molar-refractivity contribution in [2.45, 2.75) is 6.92 Å². The van der Waals surface area contributed by atoms with Gasteiger partial charge in [-0.3, -0.25) is 9.55 Å². The second kappa shape index (κ2) is 6.02. The van der Waals surface area contributed by atoms with E-state index in [0.717, 1.165) is 5.56 Å². The molecule has 7 nitrogen and oxygen atoms in total. The fraction of sp³-hybridized carbons (Fsp3) is 0.0556. The van der Waals surface area contributed by atoms with Gasteiger partial charge in [0.25, 0.3) is 5.89 Å². The van der Waals surface area contributed by atoms with Crippen molar-refractivity contribution in [2.24, 2.45) is 0 Å². The Balaban J connectivity index is 0.00000196. The van der Waals surface area contributed by atoms with Crippen molar-refractivity contribution >= 4 is 0 Å². The molecule has 0 fully saturated rings. The molecule has 0 amide bonds. The van der Waals surface area contributed by atoms with E-state index in [1.165, 1.54) is 0 Å². The van der Waals surface area contributed by atoms with Crippen LogP contribution in [0.3, 0.4) is 0 Å². The Bertz CT molecular complexity index is 1080. The molecular formula is C18H14N6O. The first-order valence-corrected chi connectivity index (χ1v) is 7.57. The third-order valence-corrected chi connectivity index (χ3v) is 3.70. The van der Waals surface area contributed by atoms with E-state index >= 15 is 0 Å². The van der Waals surface area contributed by atoms with Crippen LogP contribution in [0, 0.1) is 18.3 Å². The molecular weight excluding hydrogens is 316 g/mol. The van der Waals surface area contributed by atoms with Gasteiger partial charge >= 0.3 is 0 Å². The quantitative estimate of drug-likeness (QED) is 0.571. The average Bonchev–Trinajstić information content (AvgIpc) is 3.32. The van der Waals surface area contributed by atoms with Gasteiger partial charge in [0.15, 0.2) is 11.5 Å². The lowest BCUT2D eigenvalue weighted by atomic mass is 10.2. The van der Waals surface area contributed by atoms with Crippen molar-refractivity contribution in [3.8, 4) is 34.9 Å². The van der Waals surface area contributed by atoms with Crippen LogP contribution in [0.15, 0.2) is 59.3 Å². The van der Waals surface area contributed by atoms with Crippen molar-refractivity contribution in [1.82, 2.24) is 24.7 Å². The highest BCUT2D eigenvalue weighted by Gasteiger charge is 2.16. The third kappa shape index (κ3) is 2.66. The number of nitriles is 1. The van der Waals surface area contributed by atoms with E-state index in [2.05, 4.69) is 26.2 Å². The minimum absolute atomic E-state index is 0. The minimum Gasteiger partial charge on any atom is -0.415 e. The van der Waals surface area contributed by atoms with E-state index < -0.39 is 0 Å². The maximum atomic E-state index is 9.18. The Morgan fingerprint density at radius 1 is 1.08 bits per heavy atom. The maximum absolute atomic E-state index is 9.18. The van der Waals surface area contributed by atoms with E-state index in [1.807, 2.05) is 37.3 Å². The van der Waals surface area contributed by atoms with Crippen LogP contribution in [-0.2, 0) is 0 Å². The molecule has 3 heterocycles. The zero-order valence-electron chi connectivity index (χ0n) is 13.3. The lowest BCUT2D eigenvalue weighted by molar-refractivity contribution is 0.580. The van der Waals surface area contributed by atoms with Gasteiger partial charge in [-0.25, -0.2) is 4.98 Å². The van der Waals surface area contributed by atoms with Crippen LogP contribution >= 0.6 is 0 Å². The molecule has 7 heteroatoms. The summed E-state index contributed by atoms with van der Waals surface area (Å²) in [5, 5.41) is 17.4. The summed E-state index contributed by atoms with van der Waals surface area (Å²) in [5.41, 5.74) is 2.46. The van der Waals surface area contributed by atoms with Crippen LogP contribution < -0.4 is 0 Å². The number of rotatable bonds is 3. The van der Waals surface area contributed by atoms with Crippen molar-refractivity contribution < 1.29 is 5.84 Å². The van der Waals surface area contributed by atoms with Crippen molar-refractivity contribution in [3.63, 3.8) is 0 Å². The second-order valence-electron chi connectivity index (χ2n) is 5.32. The molecule has 0 radical (unpaired) electrons. The molecule has 4 aromatic rings. The highest BCUT2D eigenvalue weighted by atomic mass is 16.4. The fourth-order valence-corrected chi connectivity index (χ4v) is 2.45. The molecule has 1 aromatic carbocycles. The summed E-state index contributed by atoms with van der Waals surface area (Å²) in [5.74, 6) is 1.22. The molecule has 25 heavy (non-hydrogen) atoms. The predicted molar refractivity (Wildman–Crippen MR) is 91.7 cm³/mol. The first-order chi connectivity index (χ1) is 12.3. The monoisotopic (exact) mass is 330 g/mol. The zero-order valence-corrected chi connectivity index (χ0v) is 13.3. The lowest BCUT2D eigenvalue weighted by Crippen LogP contribution is -2.03. The largest absolute Gasteiger partial charge is 0.415 e.